The summed E-state index contributed by atoms with van der Waals surface area (Å²) in [7, 11) is 0. The van der Waals surface area contributed by atoms with Gasteiger partial charge in [0, 0.05) is 35.5 Å². The first-order chi connectivity index (χ1) is 13.6. The molecule has 4 rings (SSSR count). The zero-order chi connectivity index (χ0) is 19.7. The molecule has 1 aliphatic carbocycles. The Hall–Kier alpha value is -2.96. The van der Waals surface area contributed by atoms with Crippen molar-refractivity contribution in [2.75, 3.05) is 31.6 Å². The van der Waals surface area contributed by atoms with Crippen molar-refractivity contribution in [3.63, 3.8) is 0 Å². The first-order valence-electron chi connectivity index (χ1n) is 8.88. The zero-order valence-corrected chi connectivity index (χ0v) is 15.7. The summed E-state index contributed by atoms with van der Waals surface area (Å²) < 4.78 is 5.26. The van der Waals surface area contributed by atoms with Crippen LogP contribution in [0, 0.1) is 0 Å². The molecule has 2 aliphatic rings. The van der Waals surface area contributed by atoms with Crippen molar-refractivity contribution in [3.8, 4) is 0 Å². The highest BCUT2D eigenvalue weighted by atomic mass is 35.5. The summed E-state index contributed by atoms with van der Waals surface area (Å²) >= 11 is 6.16. The average Bonchev–Trinajstić information content (AvgIpc) is 2.76. The van der Waals surface area contributed by atoms with Crippen molar-refractivity contribution in [1.82, 2.24) is 4.90 Å². The largest absolute Gasteiger partial charge is 0.378 e. The van der Waals surface area contributed by atoms with Crippen LogP contribution in [0.25, 0.3) is 0 Å². The summed E-state index contributed by atoms with van der Waals surface area (Å²) in [4.78, 5) is 39.4. The van der Waals surface area contributed by atoms with Gasteiger partial charge in [0.05, 0.1) is 13.2 Å². The second kappa shape index (κ2) is 7.58. The first-order valence-corrected chi connectivity index (χ1v) is 9.26. The van der Waals surface area contributed by atoms with Gasteiger partial charge in [-0.25, -0.2) is 0 Å². The highest BCUT2D eigenvalue weighted by Crippen LogP contribution is 2.29. The van der Waals surface area contributed by atoms with E-state index in [1.807, 2.05) is 0 Å². The Morgan fingerprint density at radius 3 is 2.18 bits per heavy atom. The number of rotatable bonds is 3. The first kappa shape index (κ1) is 18.4. The monoisotopic (exact) mass is 396 g/mol. The summed E-state index contributed by atoms with van der Waals surface area (Å²) in [5, 5.41) is 2.79. The number of amides is 1. The van der Waals surface area contributed by atoms with Crippen molar-refractivity contribution >= 4 is 34.8 Å². The third-order valence-corrected chi connectivity index (χ3v) is 5.12. The van der Waals surface area contributed by atoms with Gasteiger partial charge in [0.25, 0.3) is 5.91 Å². The number of hydrogen-bond donors (Lipinski definition) is 1. The molecule has 7 heteroatoms. The lowest BCUT2D eigenvalue weighted by Gasteiger charge is -2.27. The number of nitrogens with zero attached hydrogens (tertiary/aromatic N) is 1. The van der Waals surface area contributed by atoms with Crippen molar-refractivity contribution in [3.05, 3.63) is 76.0 Å². The number of anilines is 1. The molecular weight excluding hydrogens is 380 g/mol. The number of nitrogens with one attached hydrogen (secondary N) is 1. The van der Waals surface area contributed by atoms with Crippen molar-refractivity contribution in [1.29, 1.82) is 0 Å². The molecule has 0 spiro atoms. The molecule has 6 nitrogen and oxygen atoms in total. The van der Waals surface area contributed by atoms with E-state index in [0.717, 1.165) is 0 Å². The molecule has 1 N–H and O–H groups in total. The fourth-order valence-corrected chi connectivity index (χ4v) is 3.48. The molecule has 0 bridgehead atoms. The molecule has 0 saturated carbocycles. The number of carbonyl (C=O) groups excluding carboxylic acids is 3. The molecule has 0 unspecified atom stereocenters. The number of ether oxygens (including phenoxy) is 1. The Morgan fingerprint density at radius 2 is 1.54 bits per heavy atom. The molecule has 28 heavy (non-hydrogen) atoms. The van der Waals surface area contributed by atoms with E-state index in [0.29, 0.717) is 48.7 Å². The third-order valence-electron chi connectivity index (χ3n) is 4.76. The van der Waals surface area contributed by atoms with Gasteiger partial charge in [-0.05, 0) is 24.3 Å². The Kier molecular flexibility index (Phi) is 4.98. The molecule has 0 atom stereocenters. The molecule has 1 amide bonds. The Morgan fingerprint density at radius 1 is 0.929 bits per heavy atom. The second-order valence-corrected chi connectivity index (χ2v) is 6.88. The number of morpholine rings is 1. The van der Waals surface area contributed by atoms with Crippen LogP contribution in [0.2, 0.25) is 0 Å². The molecule has 0 radical (unpaired) electrons. The summed E-state index contributed by atoms with van der Waals surface area (Å²) in [5.74, 6) is -0.794. The Bertz CT molecular complexity index is 992. The van der Waals surface area contributed by atoms with E-state index in [-0.39, 0.29) is 22.4 Å². The number of halogens is 1. The maximum Gasteiger partial charge on any atom is 0.254 e. The molecule has 142 valence electrons. The van der Waals surface area contributed by atoms with Crippen LogP contribution in [0.15, 0.2) is 59.3 Å². The van der Waals surface area contributed by atoms with E-state index in [1.54, 1.807) is 53.4 Å². The van der Waals surface area contributed by atoms with Crippen LogP contribution in [0.1, 0.15) is 31.1 Å². The number of carbonyl (C=O) groups is 3. The molecule has 0 aromatic heterocycles. The van der Waals surface area contributed by atoms with Crippen LogP contribution in [0.3, 0.4) is 0 Å². The fourth-order valence-electron chi connectivity index (χ4n) is 3.25. The highest BCUT2D eigenvalue weighted by molar-refractivity contribution is 6.50. The lowest BCUT2D eigenvalue weighted by atomic mass is 9.92. The van der Waals surface area contributed by atoms with Crippen LogP contribution >= 0.6 is 11.6 Å². The van der Waals surface area contributed by atoms with Crippen LogP contribution in [0.5, 0.6) is 0 Å². The summed E-state index contributed by atoms with van der Waals surface area (Å²) in [6, 6.07) is 13.3. The van der Waals surface area contributed by atoms with Gasteiger partial charge in [0.15, 0.2) is 0 Å². The number of ketones is 2. The average molecular weight is 397 g/mol. The van der Waals surface area contributed by atoms with Gasteiger partial charge in [-0.3, -0.25) is 14.4 Å². The predicted octanol–water partition coefficient (Wildman–Crippen LogP) is 3.10. The minimum atomic E-state index is -0.390. The summed E-state index contributed by atoms with van der Waals surface area (Å²) in [5.41, 5.74) is 1.77. The summed E-state index contributed by atoms with van der Waals surface area (Å²) in [6.45, 7) is 2.21. The molecule has 2 aromatic rings. The smallest absolute Gasteiger partial charge is 0.254 e. The third kappa shape index (κ3) is 3.32. The maximum absolute atomic E-state index is 12.7. The minimum Gasteiger partial charge on any atom is -0.378 e. The minimum absolute atomic E-state index is 0.0395. The Labute approximate surface area is 166 Å². The van der Waals surface area contributed by atoms with Crippen LogP contribution in [-0.2, 0) is 4.74 Å². The van der Waals surface area contributed by atoms with Gasteiger partial charge in [-0.15, -0.1) is 0 Å². The molecular formula is C21H17ClN2O4. The molecule has 1 aliphatic heterocycles. The number of allylic oxidation sites excluding steroid dienone is 2. The maximum atomic E-state index is 12.7. The van der Waals surface area contributed by atoms with Crippen LogP contribution < -0.4 is 5.32 Å². The SMILES string of the molecule is O=C1C(Cl)=C(Nc2ccc(C(=O)N3CCOCC3)cc2)C(=O)c2ccccc21. The van der Waals surface area contributed by atoms with Crippen molar-refractivity contribution in [2.24, 2.45) is 0 Å². The van der Waals surface area contributed by atoms with Gasteiger partial charge in [0.2, 0.25) is 11.6 Å². The quantitative estimate of drug-likeness (QED) is 0.862. The van der Waals surface area contributed by atoms with Gasteiger partial charge in [0.1, 0.15) is 10.7 Å². The molecule has 1 saturated heterocycles. The van der Waals surface area contributed by atoms with E-state index >= 15 is 0 Å². The number of Topliss-reactive ketones (excluding diaryl/α,β-unsaturated/α-hetero) is 2. The fraction of sp³-hybridized carbons (Fsp3) is 0.190. The molecule has 1 heterocycles. The standard InChI is InChI=1S/C21H17ClN2O4/c22-17-18(20(26)16-4-2-1-3-15(16)19(17)25)23-14-7-5-13(6-8-14)21(27)24-9-11-28-12-10-24/h1-8,23H,9-12H2. The summed E-state index contributed by atoms with van der Waals surface area (Å²) in [6.07, 6.45) is 0. The molecule has 1 fully saturated rings. The van der Waals surface area contributed by atoms with Crippen LogP contribution in [0.4, 0.5) is 5.69 Å². The predicted molar refractivity (Wildman–Crippen MR) is 105 cm³/mol. The van der Waals surface area contributed by atoms with Crippen molar-refractivity contribution < 1.29 is 19.1 Å². The molecule has 2 aromatic carbocycles. The number of benzene rings is 2. The van der Waals surface area contributed by atoms with E-state index in [2.05, 4.69) is 5.32 Å². The second-order valence-electron chi connectivity index (χ2n) is 6.50. The number of fused-ring (bicyclic) bond motifs is 1. The van der Waals surface area contributed by atoms with E-state index < -0.39 is 5.78 Å². The van der Waals surface area contributed by atoms with Gasteiger partial charge >= 0.3 is 0 Å². The zero-order valence-electron chi connectivity index (χ0n) is 14.9. The van der Waals surface area contributed by atoms with Gasteiger partial charge in [-0.1, -0.05) is 35.9 Å². The normalized spacial score (nSPS) is 16.8. The van der Waals surface area contributed by atoms with Crippen molar-refractivity contribution in [2.45, 2.75) is 0 Å². The van der Waals surface area contributed by atoms with Gasteiger partial charge in [-0.2, -0.15) is 0 Å². The lowest BCUT2D eigenvalue weighted by Crippen LogP contribution is -2.40. The topological polar surface area (TPSA) is 75.7 Å². The van der Waals surface area contributed by atoms with E-state index in [4.69, 9.17) is 16.3 Å². The highest BCUT2D eigenvalue weighted by Gasteiger charge is 2.31. The Balaban J connectivity index is 1.54. The number of hydrogen-bond acceptors (Lipinski definition) is 5. The van der Waals surface area contributed by atoms with Gasteiger partial charge < -0.3 is 15.0 Å². The van der Waals surface area contributed by atoms with E-state index in [9.17, 15) is 14.4 Å². The lowest BCUT2D eigenvalue weighted by molar-refractivity contribution is 0.0303. The van der Waals surface area contributed by atoms with E-state index in [1.165, 1.54) is 0 Å². The van der Waals surface area contributed by atoms with Crippen LogP contribution in [-0.4, -0.2) is 48.7 Å².